The number of alkyl halides is 1. The molecule has 1 heterocycles. The van der Waals surface area contributed by atoms with Gasteiger partial charge >= 0.3 is 0 Å². The number of benzene rings is 1. The van der Waals surface area contributed by atoms with E-state index in [1.165, 1.54) is 4.88 Å². The Morgan fingerprint density at radius 3 is 2.91 bits per heavy atom. The van der Waals surface area contributed by atoms with Crippen molar-refractivity contribution in [2.45, 2.75) is 24.1 Å². The molecule has 1 aliphatic carbocycles. The largest absolute Gasteiger partial charge is 0.497 e. The van der Waals surface area contributed by atoms with E-state index in [2.05, 4.69) is 11.4 Å². The minimum Gasteiger partial charge on any atom is -0.497 e. The lowest BCUT2D eigenvalue weighted by molar-refractivity contribution is -0.116. The number of hydrogen-bond donors (Lipinski definition) is 0. The number of carbonyl (C=O) groups excluding carboxylic acids is 1. The molecule has 1 fully saturated rings. The van der Waals surface area contributed by atoms with Crippen LogP contribution >= 0.6 is 22.9 Å². The molecule has 4 heteroatoms. The summed E-state index contributed by atoms with van der Waals surface area (Å²) in [5.41, 5.74) is 1.77. The molecule has 0 spiro atoms. The summed E-state index contributed by atoms with van der Waals surface area (Å²) in [4.78, 5) is 13.7. The summed E-state index contributed by atoms with van der Waals surface area (Å²) in [5, 5.41) is 1.64. The highest BCUT2D eigenvalue weighted by Crippen LogP contribution is 2.39. The second-order valence-corrected chi connectivity index (χ2v) is 6.94. The standard InChI is InChI=1S/C18H17ClO2S/c1-21-15-5-2-4-12(9-15)8-14-10-13(11-16(19)18(14)20)17-6-3-7-22-17/h2-9,13,16H,10-11H2,1H3. The van der Waals surface area contributed by atoms with Crippen LogP contribution < -0.4 is 4.74 Å². The highest BCUT2D eigenvalue weighted by molar-refractivity contribution is 7.10. The first kappa shape index (κ1) is 15.3. The Balaban J connectivity index is 1.89. The van der Waals surface area contributed by atoms with Crippen LogP contribution in [0.1, 0.15) is 29.2 Å². The summed E-state index contributed by atoms with van der Waals surface area (Å²) in [5.74, 6) is 1.17. The molecule has 2 nitrogen and oxygen atoms in total. The molecule has 1 aromatic carbocycles. The first-order valence-corrected chi connectivity index (χ1v) is 8.55. The van der Waals surface area contributed by atoms with Crippen molar-refractivity contribution in [1.29, 1.82) is 0 Å². The number of carbonyl (C=O) groups is 1. The molecule has 22 heavy (non-hydrogen) atoms. The van der Waals surface area contributed by atoms with E-state index in [-0.39, 0.29) is 5.78 Å². The topological polar surface area (TPSA) is 26.3 Å². The van der Waals surface area contributed by atoms with Gasteiger partial charge in [0.1, 0.15) is 5.75 Å². The predicted octanol–water partition coefficient (Wildman–Crippen LogP) is 4.89. The van der Waals surface area contributed by atoms with Gasteiger partial charge in [0.05, 0.1) is 12.5 Å². The Hall–Kier alpha value is -1.58. The summed E-state index contributed by atoms with van der Waals surface area (Å²) in [6.07, 6.45) is 3.41. The second-order valence-electron chi connectivity index (χ2n) is 5.43. The third-order valence-electron chi connectivity index (χ3n) is 3.94. The number of rotatable bonds is 3. The number of hydrogen-bond acceptors (Lipinski definition) is 3. The van der Waals surface area contributed by atoms with Gasteiger partial charge in [0.2, 0.25) is 0 Å². The van der Waals surface area contributed by atoms with Crippen molar-refractivity contribution in [3.05, 3.63) is 57.8 Å². The summed E-state index contributed by atoms with van der Waals surface area (Å²) in [6, 6.07) is 11.9. The van der Waals surface area contributed by atoms with E-state index in [0.717, 1.165) is 29.7 Å². The molecule has 0 amide bonds. The van der Waals surface area contributed by atoms with Crippen LogP contribution in [0.5, 0.6) is 5.75 Å². The van der Waals surface area contributed by atoms with Gasteiger partial charge in [-0.15, -0.1) is 22.9 Å². The maximum atomic E-state index is 12.4. The number of allylic oxidation sites excluding steroid dienone is 1. The molecule has 0 N–H and O–H groups in total. The Labute approximate surface area is 139 Å². The number of Topliss-reactive ketones (excluding diaryl/α,β-unsaturated/α-hetero) is 1. The number of ketones is 1. The van der Waals surface area contributed by atoms with Crippen molar-refractivity contribution >= 4 is 34.8 Å². The van der Waals surface area contributed by atoms with E-state index in [1.807, 2.05) is 36.4 Å². The number of ether oxygens (including phenoxy) is 1. The molecule has 0 saturated heterocycles. The van der Waals surface area contributed by atoms with E-state index in [0.29, 0.717) is 5.92 Å². The quantitative estimate of drug-likeness (QED) is 0.590. The lowest BCUT2D eigenvalue weighted by Crippen LogP contribution is -2.26. The molecule has 2 unspecified atom stereocenters. The molecule has 0 bridgehead atoms. The molecule has 114 valence electrons. The zero-order valence-corrected chi connectivity index (χ0v) is 13.9. The Bertz CT molecular complexity index is 691. The summed E-state index contributed by atoms with van der Waals surface area (Å²) >= 11 is 8.02. The summed E-state index contributed by atoms with van der Waals surface area (Å²) in [6.45, 7) is 0. The maximum absolute atomic E-state index is 12.4. The van der Waals surface area contributed by atoms with Gasteiger partial charge in [0, 0.05) is 4.88 Å². The molecule has 3 rings (SSSR count). The highest BCUT2D eigenvalue weighted by Gasteiger charge is 2.32. The first-order valence-electron chi connectivity index (χ1n) is 7.23. The van der Waals surface area contributed by atoms with E-state index in [1.54, 1.807) is 18.4 Å². The van der Waals surface area contributed by atoms with E-state index >= 15 is 0 Å². The van der Waals surface area contributed by atoms with Gasteiger partial charge in [-0.1, -0.05) is 18.2 Å². The van der Waals surface area contributed by atoms with Crippen LogP contribution in [-0.4, -0.2) is 18.3 Å². The Morgan fingerprint density at radius 2 is 2.18 bits per heavy atom. The molecule has 0 radical (unpaired) electrons. The lowest BCUT2D eigenvalue weighted by atomic mass is 9.82. The van der Waals surface area contributed by atoms with Crippen molar-refractivity contribution < 1.29 is 9.53 Å². The van der Waals surface area contributed by atoms with Crippen LogP contribution in [0, 0.1) is 0 Å². The minimum atomic E-state index is -0.433. The van der Waals surface area contributed by atoms with Gasteiger partial charge in [0.15, 0.2) is 5.78 Å². The van der Waals surface area contributed by atoms with Crippen LogP contribution in [0.3, 0.4) is 0 Å². The number of methoxy groups -OCH3 is 1. The number of thiophene rings is 1. The van der Waals surface area contributed by atoms with E-state index < -0.39 is 5.38 Å². The van der Waals surface area contributed by atoms with Gasteiger partial charge in [-0.3, -0.25) is 4.79 Å². The third-order valence-corrected chi connectivity index (χ3v) is 5.35. The molecule has 1 aliphatic rings. The molecular formula is C18H17ClO2S. The summed E-state index contributed by atoms with van der Waals surface area (Å²) in [7, 11) is 1.64. The lowest BCUT2D eigenvalue weighted by Gasteiger charge is -2.26. The number of halogens is 1. The monoisotopic (exact) mass is 332 g/mol. The Kier molecular flexibility index (Phi) is 4.65. The van der Waals surface area contributed by atoms with Crippen LogP contribution in [0.25, 0.3) is 6.08 Å². The molecule has 0 aliphatic heterocycles. The summed E-state index contributed by atoms with van der Waals surface area (Å²) < 4.78 is 5.23. The van der Waals surface area contributed by atoms with Gasteiger partial charge in [-0.05, 0) is 59.6 Å². The normalized spacial score (nSPS) is 23.7. The molecular weight excluding hydrogens is 316 g/mol. The van der Waals surface area contributed by atoms with Gasteiger partial charge < -0.3 is 4.74 Å². The smallest absolute Gasteiger partial charge is 0.176 e. The minimum absolute atomic E-state index is 0.0530. The maximum Gasteiger partial charge on any atom is 0.176 e. The van der Waals surface area contributed by atoms with Crippen molar-refractivity contribution in [3.63, 3.8) is 0 Å². The van der Waals surface area contributed by atoms with Crippen LogP contribution in [0.15, 0.2) is 47.4 Å². The zero-order valence-electron chi connectivity index (χ0n) is 12.3. The average Bonchev–Trinajstić information content (AvgIpc) is 3.06. The second kappa shape index (κ2) is 6.67. The molecule has 1 saturated carbocycles. The van der Waals surface area contributed by atoms with Crippen LogP contribution in [0.4, 0.5) is 0 Å². The molecule has 2 aromatic rings. The molecule has 2 atom stereocenters. The fourth-order valence-electron chi connectivity index (χ4n) is 2.81. The van der Waals surface area contributed by atoms with Crippen molar-refractivity contribution in [3.8, 4) is 5.75 Å². The Morgan fingerprint density at radius 1 is 1.32 bits per heavy atom. The van der Waals surface area contributed by atoms with E-state index in [4.69, 9.17) is 16.3 Å². The molecule has 1 aromatic heterocycles. The van der Waals surface area contributed by atoms with Gasteiger partial charge in [-0.25, -0.2) is 0 Å². The third kappa shape index (κ3) is 3.26. The van der Waals surface area contributed by atoms with Crippen LogP contribution in [-0.2, 0) is 4.79 Å². The SMILES string of the molecule is COc1cccc(C=C2CC(c3cccs3)CC(Cl)C2=O)c1. The van der Waals surface area contributed by atoms with Gasteiger partial charge in [0.25, 0.3) is 0 Å². The zero-order chi connectivity index (χ0) is 15.5. The first-order chi connectivity index (χ1) is 10.7. The highest BCUT2D eigenvalue weighted by atomic mass is 35.5. The fraction of sp³-hybridized carbons (Fsp3) is 0.278. The van der Waals surface area contributed by atoms with Crippen molar-refractivity contribution in [1.82, 2.24) is 0 Å². The van der Waals surface area contributed by atoms with Gasteiger partial charge in [-0.2, -0.15) is 0 Å². The average molecular weight is 333 g/mol. The van der Waals surface area contributed by atoms with Crippen molar-refractivity contribution in [2.75, 3.05) is 7.11 Å². The van der Waals surface area contributed by atoms with Crippen molar-refractivity contribution in [2.24, 2.45) is 0 Å². The van der Waals surface area contributed by atoms with Crippen LogP contribution in [0.2, 0.25) is 0 Å². The van der Waals surface area contributed by atoms with E-state index in [9.17, 15) is 4.79 Å². The predicted molar refractivity (Wildman–Crippen MR) is 91.9 cm³/mol. The fourth-order valence-corrected chi connectivity index (χ4v) is 4.01.